The van der Waals surface area contributed by atoms with Gasteiger partial charge in [-0.15, -0.1) is 0 Å². The molecule has 88 valence electrons. The number of carbonyl (C=O) groups is 1. The third-order valence-corrected chi connectivity index (χ3v) is 2.12. The molecule has 0 aliphatic carbocycles. The number of nitrogens with two attached hydrogens (primary N) is 1. The molecule has 0 saturated carbocycles. The number of anilines is 1. The van der Waals surface area contributed by atoms with E-state index in [2.05, 4.69) is 4.74 Å². The summed E-state index contributed by atoms with van der Waals surface area (Å²) in [7, 11) is 0. The Kier molecular flexibility index (Phi) is 3.70. The van der Waals surface area contributed by atoms with Gasteiger partial charge in [0.1, 0.15) is 0 Å². The van der Waals surface area contributed by atoms with E-state index in [9.17, 15) is 13.6 Å². The maximum absolute atomic E-state index is 13.5. The molecule has 0 heterocycles. The maximum atomic E-state index is 13.5. The lowest BCUT2D eigenvalue weighted by atomic mass is 10.1. The first-order chi connectivity index (χ1) is 7.39. The molecule has 0 aliphatic heterocycles. The molecule has 0 amide bonds. The van der Waals surface area contributed by atoms with Crippen LogP contribution in [0.15, 0.2) is 18.2 Å². The summed E-state index contributed by atoms with van der Waals surface area (Å²) in [5.74, 6) is -5.38. The van der Waals surface area contributed by atoms with Crippen molar-refractivity contribution in [1.29, 1.82) is 0 Å². The van der Waals surface area contributed by atoms with Crippen LogP contribution in [0.4, 0.5) is 14.5 Å². The van der Waals surface area contributed by atoms with Crippen molar-refractivity contribution >= 4 is 23.3 Å². The lowest BCUT2D eigenvalue weighted by Crippen LogP contribution is -2.29. The number of esters is 1. The fourth-order valence-corrected chi connectivity index (χ4v) is 1.33. The van der Waals surface area contributed by atoms with Crippen molar-refractivity contribution in [3.63, 3.8) is 0 Å². The van der Waals surface area contributed by atoms with E-state index in [-0.39, 0.29) is 17.3 Å². The molecule has 3 nitrogen and oxygen atoms in total. The Morgan fingerprint density at radius 2 is 2.19 bits per heavy atom. The van der Waals surface area contributed by atoms with E-state index >= 15 is 0 Å². The Morgan fingerprint density at radius 1 is 1.56 bits per heavy atom. The van der Waals surface area contributed by atoms with Gasteiger partial charge in [-0.2, -0.15) is 8.78 Å². The van der Waals surface area contributed by atoms with Gasteiger partial charge in [0.2, 0.25) is 0 Å². The SMILES string of the molecule is CCOC(=O)C(F)(F)c1ccc(Cl)cc1N. The Labute approximate surface area is 96.1 Å². The summed E-state index contributed by atoms with van der Waals surface area (Å²) in [6, 6.07) is 3.40. The first-order valence-corrected chi connectivity index (χ1v) is 4.88. The highest BCUT2D eigenvalue weighted by Gasteiger charge is 2.44. The highest BCUT2D eigenvalue weighted by Crippen LogP contribution is 2.34. The second-order valence-electron chi connectivity index (χ2n) is 3.03. The van der Waals surface area contributed by atoms with Crippen molar-refractivity contribution in [1.82, 2.24) is 0 Å². The zero-order valence-electron chi connectivity index (χ0n) is 8.47. The summed E-state index contributed by atoms with van der Waals surface area (Å²) >= 11 is 5.57. The van der Waals surface area contributed by atoms with Crippen LogP contribution in [-0.4, -0.2) is 12.6 Å². The molecule has 2 N–H and O–H groups in total. The minimum atomic E-state index is -3.76. The van der Waals surface area contributed by atoms with Crippen molar-refractivity contribution in [2.24, 2.45) is 0 Å². The number of carbonyl (C=O) groups excluding carboxylic acids is 1. The normalized spacial score (nSPS) is 11.2. The lowest BCUT2D eigenvalue weighted by molar-refractivity contribution is -0.173. The van der Waals surface area contributed by atoms with E-state index in [0.29, 0.717) is 0 Å². The first kappa shape index (κ1) is 12.7. The maximum Gasteiger partial charge on any atom is 0.382 e. The molecule has 0 aromatic heterocycles. The van der Waals surface area contributed by atoms with E-state index in [1.807, 2.05) is 0 Å². The quantitative estimate of drug-likeness (QED) is 0.662. The standard InChI is InChI=1S/C10H10ClF2NO2/c1-2-16-9(15)10(12,13)7-4-3-6(11)5-8(7)14/h3-5H,2,14H2,1H3. The van der Waals surface area contributed by atoms with E-state index in [4.69, 9.17) is 17.3 Å². The molecule has 1 rings (SSSR count). The van der Waals surface area contributed by atoms with Crippen LogP contribution >= 0.6 is 11.6 Å². The van der Waals surface area contributed by atoms with Gasteiger partial charge in [0.15, 0.2) is 0 Å². The van der Waals surface area contributed by atoms with Crippen molar-refractivity contribution in [2.75, 3.05) is 12.3 Å². The summed E-state index contributed by atoms with van der Waals surface area (Å²) in [4.78, 5) is 11.0. The van der Waals surface area contributed by atoms with Gasteiger partial charge in [0.05, 0.1) is 12.2 Å². The number of hydrogen-bond donors (Lipinski definition) is 1. The fourth-order valence-electron chi connectivity index (χ4n) is 1.15. The van der Waals surface area contributed by atoms with E-state index in [1.165, 1.54) is 13.0 Å². The Balaban J connectivity index is 3.11. The van der Waals surface area contributed by atoms with Gasteiger partial charge in [-0.1, -0.05) is 11.6 Å². The Morgan fingerprint density at radius 3 is 2.69 bits per heavy atom. The van der Waals surface area contributed by atoms with E-state index in [1.54, 1.807) is 0 Å². The molecule has 1 aromatic carbocycles. The number of ether oxygens (including phenoxy) is 1. The highest BCUT2D eigenvalue weighted by atomic mass is 35.5. The largest absolute Gasteiger partial charge is 0.461 e. The molecule has 16 heavy (non-hydrogen) atoms. The minimum absolute atomic E-state index is 0.123. The van der Waals surface area contributed by atoms with Crippen LogP contribution in [-0.2, 0) is 15.5 Å². The van der Waals surface area contributed by atoms with Gasteiger partial charge in [-0.05, 0) is 25.1 Å². The Hall–Kier alpha value is -1.36. The Bertz CT molecular complexity index is 410. The topological polar surface area (TPSA) is 52.3 Å². The van der Waals surface area contributed by atoms with Crippen LogP contribution in [0.1, 0.15) is 12.5 Å². The molecule has 0 aliphatic rings. The third-order valence-electron chi connectivity index (χ3n) is 1.88. The summed E-state index contributed by atoms with van der Waals surface area (Å²) in [6.07, 6.45) is 0. The van der Waals surface area contributed by atoms with Crippen LogP contribution in [0.5, 0.6) is 0 Å². The highest BCUT2D eigenvalue weighted by molar-refractivity contribution is 6.30. The fraction of sp³-hybridized carbons (Fsp3) is 0.300. The average Bonchev–Trinajstić information content (AvgIpc) is 2.17. The lowest BCUT2D eigenvalue weighted by Gasteiger charge is -2.16. The number of rotatable bonds is 3. The monoisotopic (exact) mass is 249 g/mol. The molecule has 0 fully saturated rings. The number of nitrogen functional groups attached to an aromatic ring is 1. The second kappa shape index (κ2) is 4.65. The zero-order chi connectivity index (χ0) is 12.3. The van der Waals surface area contributed by atoms with Gasteiger partial charge in [-0.25, -0.2) is 4.79 Å². The number of hydrogen-bond acceptors (Lipinski definition) is 3. The minimum Gasteiger partial charge on any atom is -0.461 e. The molecule has 0 saturated heterocycles. The van der Waals surface area contributed by atoms with Gasteiger partial charge < -0.3 is 10.5 Å². The number of halogens is 3. The van der Waals surface area contributed by atoms with Crippen LogP contribution in [0.25, 0.3) is 0 Å². The smallest absolute Gasteiger partial charge is 0.382 e. The third kappa shape index (κ3) is 2.41. The van der Waals surface area contributed by atoms with Crippen LogP contribution in [0.2, 0.25) is 5.02 Å². The van der Waals surface area contributed by atoms with Crippen molar-refractivity contribution < 1.29 is 18.3 Å². The summed E-state index contributed by atoms with van der Waals surface area (Å²) < 4.78 is 31.3. The molecule has 6 heteroatoms. The van der Waals surface area contributed by atoms with Gasteiger partial charge in [0, 0.05) is 10.7 Å². The predicted octanol–water partition coefficient (Wildman–Crippen LogP) is 2.58. The first-order valence-electron chi connectivity index (χ1n) is 4.50. The average molecular weight is 250 g/mol. The zero-order valence-corrected chi connectivity index (χ0v) is 9.22. The van der Waals surface area contributed by atoms with Gasteiger partial charge in [-0.3, -0.25) is 0 Å². The summed E-state index contributed by atoms with van der Waals surface area (Å²) in [6.45, 7) is 1.32. The predicted molar refractivity (Wildman–Crippen MR) is 56.4 cm³/mol. The molecule has 1 aromatic rings. The summed E-state index contributed by atoms with van der Waals surface area (Å²) in [5.41, 5.74) is 4.52. The molecule has 0 spiro atoms. The van der Waals surface area contributed by atoms with Crippen molar-refractivity contribution in [3.8, 4) is 0 Å². The van der Waals surface area contributed by atoms with Gasteiger partial charge >= 0.3 is 11.9 Å². The number of alkyl halides is 2. The van der Waals surface area contributed by atoms with Crippen LogP contribution in [0.3, 0.4) is 0 Å². The molecular weight excluding hydrogens is 240 g/mol. The number of benzene rings is 1. The summed E-state index contributed by atoms with van der Waals surface area (Å²) in [5, 5.41) is 0.223. The van der Waals surface area contributed by atoms with Gasteiger partial charge in [0.25, 0.3) is 0 Å². The molecule has 0 bridgehead atoms. The molecule has 0 radical (unpaired) electrons. The molecular formula is C10H10ClF2NO2. The molecule has 0 unspecified atom stereocenters. The van der Waals surface area contributed by atoms with E-state index in [0.717, 1.165) is 12.1 Å². The van der Waals surface area contributed by atoms with Crippen molar-refractivity contribution in [3.05, 3.63) is 28.8 Å². The van der Waals surface area contributed by atoms with Crippen LogP contribution < -0.4 is 5.73 Å². The van der Waals surface area contributed by atoms with E-state index < -0.39 is 17.5 Å². The second-order valence-corrected chi connectivity index (χ2v) is 3.46. The molecule has 0 atom stereocenters. The van der Waals surface area contributed by atoms with Crippen molar-refractivity contribution in [2.45, 2.75) is 12.8 Å². The van der Waals surface area contributed by atoms with Crippen LogP contribution in [0, 0.1) is 0 Å².